The van der Waals surface area contributed by atoms with Crippen molar-refractivity contribution in [2.24, 2.45) is 5.14 Å². The van der Waals surface area contributed by atoms with Gasteiger partial charge in [0.05, 0.1) is 14.7 Å². The van der Waals surface area contributed by atoms with Crippen LogP contribution in [0.15, 0.2) is 70.5 Å². The molecule has 3 aromatic rings. The summed E-state index contributed by atoms with van der Waals surface area (Å²) in [7, 11) is -8.14. The number of nitro groups is 1. The van der Waals surface area contributed by atoms with E-state index >= 15 is 0 Å². The minimum atomic E-state index is -4.17. The lowest BCUT2D eigenvalue weighted by molar-refractivity contribution is -0.384. The topological polar surface area (TPSA) is 209 Å². The zero-order valence-electron chi connectivity index (χ0n) is 18.7. The van der Waals surface area contributed by atoms with Gasteiger partial charge in [0.15, 0.2) is 11.5 Å². The fourth-order valence-electron chi connectivity index (χ4n) is 3.24. The van der Waals surface area contributed by atoms with Gasteiger partial charge in [-0.25, -0.2) is 22.0 Å². The zero-order chi connectivity index (χ0) is 26.8. The maximum Gasteiger partial charge on any atom is 0.295 e. The van der Waals surface area contributed by atoms with Crippen molar-refractivity contribution in [2.45, 2.75) is 9.79 Å². The molecular weight excluding hydrogens is 530 g/mol. The number of nitro benzene ring substituents is 1. The molecule has 1 amide bonds. The van der Waals surface area contributed by atoms with Crippen LogP contribution in [0.3, 0.4) is 0 Å². The van der Waals surface area contributed by atoms with E-state index in [4.69, 9.17) is 14.6 Å². The first-order valence-electron chi connectivity index (χ1n) is 10.3. The Labute approximate surface area is 210 Å². The number of carbonyl (C=O) groups is 1. The van der Waals surface area contributed by atoms with E-state index in [2.05, 4.69) is 15.6 Å². The number of nitrogens with zero attached hydrogens (tertiary/aromatic N) is 1. The summed E-state index contributed by atoms with van der Waals surface area (Å²) in [6.07, 6.45) is 0. The van der Waals surface area contributed by atoms with Crippen molar-refractivity contribution in [3.8, 4) is 11.5 Å². The Morgan fingerprint density at radius 3 is 2.19 bits per heavy atom. The van der Waals surface area contributed by atoms with Crippen LogP contribution in [0.4, 0.5) is 17.1 Å². The summed E-state index contributed by atoms with van der Waals surface area (Å²) in [5.41, 5.74) is 4.07. The number of hydrogen-bond donors (Lipinski definition) is 4. The van der Waals surface area contributed by atoms with Crippen molar-refractivity contribution in [1.29, 1.82) is 0 Å². The normalized spacial score (nSPS) is 12.9. The fraction of sp³-hybridized carbons (Fsp3) is 0.0952. The number of hydrazine groups is 1. The first-order chi connectivity index (χ1) is 17.4. The second-order valence-electron chi connectivity index (χ2n) is 7.55. The molecule has 37 heavy (non-hydrogen) atoms. The van der Waals surface area contributed by atoms with E-state index in [-0.39, 0.29) is 21.8 Å². The number of nitrogens with one attached hydrogen (secondary N) is 3. The van der Waals surface area contributed by atoms with Gasteiger partial charge in [-0.15, -0.1) is 0 Å². The summed E-state index contributed by atoms with van der Waals surface area (Å²) >= 11 is 0. The van der Waals surface area contributed by atoms with Crippen molar-refractivity contribution < 1.29 is 36.0 Å². The average Bonchev–Trinajstić information content (AvgIpc) is 2.86. The first kappa shape index (κ1) is 25.7. The van der Waals surface area contributed by atoms with Gasteiger partial charge in [-0.05, 0) is 48.5 Å². The van der Waals surface area contributed by atoms with Crippen LogP contribution in [0.2, 0.25) is 0 Å². The molecular formula is C21H19N5O9S2. The highest BCUT2D eigenvalue weighted by atomic mass is 32.2. The number of ether oxygens (including phenoxy) is 2. The molecule has 0 unspecified atom stereocenters. The van der Waals surface area contributed by atoms with Gasteiger partial charge in [0.1, 0.15) is 18.9 Å². The van der Waals surface area contributed by atoms with E-state index in [0.29, 0.717) is 24.7 Å². The van der Waals surface area contributed by atoms with Crippen LogP contribution >= 0.6 is 0 Å². The number of sulfonamides is 2. The summed E-state index contributed by atoms with van der Waals surface area (Å²) in [6.45, 7) is 0.672. The number of benzene rings is 3. The zero-order valence-corrected chi connectivity index (χ0v) is 20.3. The molecule has 0 bridgehead atoms. The number of fused-ring (bicyclic) bond motifs is 1. The standard InChI is InChI=1S/C21H19N5O9S2/c22-36(30,31)15-5-7-17(18(11-15)26(28)29)23-24-21(27)13-1-3-14(4-2-13)25-37(32,33)16-6-8-19-20(12-16)35-10-9-34-19/h1-8,11-12,23,25H,9-10H2,(H,24,27)(H2,22,30,31). The Hall–Kier alpha value is -4.41. The Balaban J connectivity index is 1.43. The first-order valence-corrected chi connectivity index (χ1v) is 13.4. The van der Waals surface area contributed by atoms with Crippen LogP contribution in [0, 0.1) is 10.1 Å². The molecule has 1 heterocycles. The number of carbonyl (C=O) groups excluding carboxylic acids is 1. The molecule has 194 valence electrons. The smallest absolute Gasteiger partial charge is 0.295 e. The third-order valence-corrected chi connectivity index (χ3v) is 7.32. The fourth-order valence-corrected chi connectivity index (χ4v) is 4.84. The predicted octanol–water partition coefficient (Wildman–Crippen LogP) is 1.57. The lowest BCUT2D eigenvalue weighted by Crippen LogP contribution is -2.29. The molecule has 5 N–H and O–H groups in total. The van der Waals surface area contributed by atoms with Crippen molar-refractivity contribution >= 4 is 43.0 Å². The largest absolute Gasteiger partial charge is 0.486 e. The molecule has 14 nitrogen and oxygen atoms in total. The third-order valence-electron chi connectivity index (χ3n) is 5.03. The van der Waals surface area contributed by atoms with Gasteiger partial charge < -0.3 is 9.47 Å². The summed E-state index contributed by atoms with van der Waals surface area (Å²) < 4.78 is 61.5. The predicted molar refractivity (Wildman–Crippen MR) is 130 cm³/mol. The minimum Gasteiger partial charge on any atom is -0.486 e. The molecule has 0 atom stereocenters. The maximum absolute atomic E-state index is 12.7. The summed E-state index contributed by atoms with van der Waals surface area (Å²) in [6, 6.07) is 12.5. The van der Waals surface area contributed by atoms with Crippen molar-refractivity contribution in [3.63, 3.8) is 0 Å². The quantitative estimate of drug-likeness (QED) is 0.235. The lowest BCUT2D eigenvalue weighted by Gasteiger charge is -2.19. The number of amides is 1. The van der Waals surface area contributed by atoms with Crippen molar-refractivity contribution in [1.82, 2.24) is 5.43 Å². The molecule has 0 fully saturated rings. The highest BCUT2D eigenvalue weighted by Crippen LogP contribution is 2.33. The maximum atomic E-state index is 12.7. The molecule has 1 aliphatic rings. The van der Waals surface area contributed by atoms with E-state index in [1.54, 1.807) is 0 Å². The summed E-state index contributed by atoms with van der Waals surface area (Å²) in [5, 5.41) is 16.3. The number of nitrogens with two attached hydrogens (primary N) is 1. The Morgan fingerprint density at radius 1 is 0.892 bits per heavy atom. The Bertz CT molecular complexity index is 1590. The lowest BCUT2D eigenvalue weighted by atomic mass is 10.2. The van der Waals surface area contributed by atoms with Gasteiger partial charge in [0.2, 0.25) is 10.0 Å². The molecule has 1 aliphatic heterocycles. The van der Waals surface area contributed by atoms with Crippen LogP contribution in [0.25, 0.3) is 0 Å². The van der Waals surface area contributed by atoms with Gasteiger partial charge in [0, 0.05) is 23.4 Å². The monoisotopic (exact) mass is 549 g/mol. The molecule has 0 aliphatic carbocycles. The van der Waals surface area contributed by atoms with E-state index in [1.165, 1.54) is 42.5 Å². The van der Waals surface area contributed by atoms with Crippen LogP contribution in [0.1, 0.15) is 10.4 Å². The average molecular weight is 550 g/mol. The second kappa shape index (κ2) is 9.92. The molecule has 0 spiro atoms. The van der Waals surface area contributed by atoms with E-state index in [9.17, 15) is 31.7 Å². The van der Waals surface area contributed by atoms with Crippen LogP contribution < -0.4 is 30.2 Å². The van der Waals surface area contributed by atoms with Crippen LogP contribution in [-0.4, -0.2) is 40.9 Å². The number of rotatable bonds is 8. The van der Waals surface area contributed by atoms with E-state index in [0.717, 1.165) is 18.2 Å². The molecule has 16 heteroatoms. The van der Waals surface area contributed by atoms with E-state index in [1.807, 2.05) is 0 Å². The Morgan fingerprint density at radius 2 is 1.54 bits per heavy atom. The number of anilines is 2. The van der Waals surface area contributed by atoms with Gasteiger partial charge in [-0.2, -0.15) is 0 Å². The minimum absolute atomic E-state index is 0.0437. The third kappa shape index (κ3) is 5.88. The number of primary sulfonamides is 1. The molecule has 0 saturated heterocycles. The van der Waals surface area contributed by atoms with Gasteiger partial charge in [-0.3, -0.25) is 30.5 Å². The molecule has 0 radical (unpaired) electrons. The molecule has 3 aromatic carbocycles. The van der Waals surface area contributed by atoms with Crippen LogP contribution in [-0.2, 0) is 20.0 Å². The summed E-state index contributed by atoms with van der Waals surface area (Å²) in [5.74, 6) is 0.0547. The number of hydrogen-bond acceptors (Lipinski definition) is 10. The van der Waals surface area contributed by atoms with Crippen molar-refractivity contribution in [2.75, 3.05) is 23.4 Å². The Kier molecular flexibility index (Phi) is 6.88. The van der Waals surface area contributed by atoms with E-state index < -0.39 is 41.5 Å². The molecule has 4 rings (SSSR count). The van der Waals surface area contributed by atoms with Gasteiger partial charge >= 0.3 is 0 Å². The molecule has 0 saturated carbocycles. The highest BCUT2D eigenvalue weighted by molar-refractivity contribution is 7.92. The van der Waals surface area contributed by atoms with Gasteiger partial charge in [-0.1, -0.05) is 0 Å². The SMILES string of the molecule is NS(=O)(=O)c1ccc(NNC(=O)c2ccc(NS(=O)(=O)c3ccc4c(c3)OCCO4)cc2)c([N+](=O)[O-])c1. The van der Waals surface area contributed by atoms with Crippen molar-refractivity contribution in [3.05, 3.63) is 76.3 Å². The molecule has 0 aromatic heterocycles. The van der Waals surface area contributed by atoms with Gasteiger partial charge in [0.25, 0.3) is 21.6 Å². The second-order valence-corrected chi connectivity index (χ2v) is 10.8. The van der Waals surface area contributed by atoms with Crippen LogP contribution in [0.5, 0.6) is 11.5 Å². The summed E-state index contributed by atoms with van der Waals surface area (Å²) in [4.78, 5) is 22.4. The highest BCUT2D eigenvalue weighted by Gasteiger charge is 2.21.